The van der Waals surface area contributed by atoms with Gasteiger partial charge in [-0.05, 0) is 30.7 Å². The van der Waals surface area contributed by atoms with Gasteiger partial charge in [0.25, 0.3) is 0 Å². The highest BCUT2D eigenvalue weighted by atomic mass is 16.5. The summed E-state index contributed by atoms with van der Waals surface area (Å²) in [5.41, 5.74) is 2.88. The average molecular weight is 223 g/mol. The fourth-order valence-electron chi connectivity index (χ4n) is 1.52. The molecule has 0 amide bonds. The average Bonchev–Trinajstić information content (AvgIpc) is 2.38. The highest BCUT2D eigenvalue weighted by Crippen LogP contribution is 2.17. The normalized spacial score (nSPS) is 9.65. The number of ether oxygens (including phenoxy) is 1. The van der Waals surface area contributed by atoms with Gasteiger partial charge in [0.1, 0.15) is 12.4 Å². The standard InChI is InChI=1S/C15H13NO/c1-12-6-8-15(9-7-12)17-11-13-4-3-5-14(10-13)16-2/h3-10H,11H2,1H3. The quantitative estimate of drug-likeness (QED) is 0.713. The molecule has 0 aliphatic heterocycles. The van der Waals surface area contributed by atoms with Gasteiger partial charge in [0, 0.05) is 0 Å². The van der Waals surface area contributed by atoms with Gasteiger partial charge in [-0.3, -0.25) is 0 Å². The predicted molar refractivity (Wildman–Crippen MR) is 68.2 cm³/mol. The van der Waals surface area contributed by atoms with Crippen molar-refractivity contribution in [3.63, 3.8) is 0 Å². The van der Waals surface area contributed by atoms with Crippen molar-refractivity contribution < 1.29 is 4.74 Å². The molecule has 0 N–H and O–H groups in total. The van der Waals surface area contributed by atoms with Crippen molar-refractivity contribution in [1.29, 1.82) is 0 Å². The van der Waals surface area contributed by atoms with Gasteiger partial charge < -0.3 is 4.74 Å². The van der Waals surface area contributed by atoms with Gasteiger partial charge in [0.15, 0.2) is 5.69 Å². The van der Waals surface area contributed by atoms with E-state index in [1.54, 1.807) is 6.07 Å². The molecule has 0 aliphatic carbocycles. The third-order valence-corrected chi connectivity index (χ3v) is 2.47. The number of aryl methyl sites for hydroxylation is 1. The number of benzene rings is 2. The predicted octanol–water partition coefficient (Wildman–Crippen LogP) is 4.12. The SMILES string of the molecule is [C-]#[N+]c1cccc(COc2ccc(C)cc2)c1. The summed E-state index contributed by atoms with van der Waals surface area (Å²) in [5.74, 6) is 0.851. The zero-order valence-electron chi connectivity index (χ0n) is 9.68. The van der Waals surface area contributed by atoms with Crippen LogP contribution >= 0.6 is 0 Å². The molecule has 2 rings (SSSR count). The van der Waals surface area contributed by atoms with Crippen molar-refractivity contribution >= 4 is 5.69 Å². The Kier molecular flexibility index (Phi) is 3.42. The van der Waals surface area contributed by atoms with E-state index in [1.807, 2.05) is 49.4 Å². The Balaban J connectivity index is 2.02. The second-order valence-corrected chi connectivity index (χ2v) is 3.88. The summed E-state index contributed by atoms with van der Waals surface area (Å²) < 4.78 is 5.64. The zero-order chi connectivity index (χ0) is 12.1. The molecule has 0 fully saturated rings. The summed E-state index contributed by atoms with van der Waals surface area (Å²) in [5, 5.41) is 0. The minimum Gasteiger partial charge on any atom is -0.489 e. The van der Waals surface area contributed by atoms with E-state index in [-0.39, 0.29) is 0 Å². The van der Waals surface area contributed by atoms with Gasteiger partial charge in [-0.2, -0.15) is 0 Å². The summed E-state index contributed by atoms with van der Waals surface area (Å²) in [6.07, 6.45) is 0. The number of rotatable bonds is 3. The monoisotopic (exact) mass is 223 g/mol. The summed E-state index contributed by atoms with van der Waals surface area (Å²) >= 11 is 0. The molecule has 0 aromatic heterocycles. The van der Waals surface area contributed by atoms with E-state index in [2.05, 4.69) is 4.85 Å². The van der Waals surface area contributed by atoms with E-state index in [0.29, 0.717) is 12.3 Å². The molecule has 0 heterocycles. The van der Waals surface area contributed by atoms with Gasteiger partial charge in [-0.15, -0.1) is 0 Å². The molecular formula is C15H13NO. The lowest BCUT2D eigenvalue weighted by atomic mass is 10.2. The first-order chi connectivity index (χ1) is 8.28. The molecule has 0 unspecified atom stereocenters. The van der Waals surface area contributed by atoms with Crippen molar-refractivity contribution in [2.45, 2.75) is 13.5 Å². The molecule has 0 atom stereocenters. The first-order valence-corrected chi connectivity index (χ1v) is 5.44. The summed E-state index contributed by atoms with van der Waals surface area (Å²) in [4.78, 5) is 3.39. The second-order valence-electron chi connectivity index (χ2n) is 3.88. The lowest BCUT2D eigenvalue weighted by Crippen LogP contribution is -1.94. The van der Waals surface area contributed by atoms with Gasteiger partial charge in [-0.1, -0.05) is 35.9 Å². The van der Waals surface area contributed by atoms with E-state index in [9.17, 15) is 0 Å². The van der Waals surface area contributed by atoms with E-state index in [4.69, 9.17) is 11.3 Å². The molecule has 0 radical (unpaired) electrons. The fourth-order valence-corrected chi connectivity index (χ4v) is 1.52. The summed E-state index contributed by atoms with van der Waals surface area (Å²) in [6, 6.07) is 15.4. The van der Waals surface area contributed by atoms with E-state index in [1.165, 1.54) is 5.56 Å². The molecule has 2 aromatic carbocycles. The summed E-state index contributed by atoms with van der Waals surface area (Å²) in [6.45, 7) is 9.48. The summed E-state index contributed by atoms with van der Waals surface area (Å²) in [7, 11) is 0. The molecule has 0 saturated heterocycles. The largest absolute Gasteiger partial charge is 0.489 e. The maximum Gasteiger partial charge on any atom is 0.187 e. The molecule has 0 bridgehead atoms. The minimum absolute atomic E-state index is 0.492. The Morgan fingerprint density at radius 3 is 2.59 bits per heavy atom. The number of nitrogens with zero attached hydrogens (tertiary/aromatic N) is 1. The van der Waals surface area contributed by atoms with E-state index < -0.39 is 0 Å². The van der Waals surface area contributed by atoms with Gasteiger partial charge >= 0.3 is 0 Å². The van der Waals surface area contributed by atoms with Crippen molar-refractivity contribution in [2.24, 2.45) is 0 Å². The van der Waals surface area contributed by atoms with Gasteiger partial charge in [0.05, 0.1) is 6.57 Å². The molecular weight excluding hydrogens is 210 g/mol. The number of hydrogen-bond acceptors (Lipinski definition) is 1. The smallest absolute Gasteiger partial charge is 0.187 e. The maximum atomic E-state index is 6.94. The fraction of sp³-hybridized carbons (Fsp3) is 0.133. The van der Waals surface area contributed by atoms with Crippen molar-refractivity contribution in [3.8, 4) is 5.75 Å². The van der Waals surface area contributed by atoms with Crippen molar-refractivity contribution in [1.82, 2.24) is 0 Å². The van der Waals surface area contributed by atoms with Gasteiger partial charge in [-0.25, -0.2) is 4.85 Å². The topological polar surface area (TPSA) is 13.6 Å². The maximum absolute atomic E-state index is 6.94. The highest BCUT2D eigenvalue weighted by molar-refractivity contribution is 5.46. The highest BCUT2D eigenvalue weighted by Gasteiger charge is 1.97. The Hall–Kier alpha value is -2.27. The van der Waals surface area contributed by atoms with Crippen LogP contribution < -0.4 is 4.74 Å². The lowest BCUT2D eigenvalue weighted by Gasteiger charge is -2.06. The van der Waals surface area contributed by atoms with Crippen molar-refractivity contribution in [2.75, 3.05) is 0 Å². The van der Waals surface area contributed by atoms with Crippen LogP contribution in [0.25, 0.3) is 4.85 Å². The molecule has 0 saturated carbocycles. The van der Waals surface area contributed by atoms with Crippen LogP contribution in [0.3, 0.4) is 0 Å². The van der Waals surface area contributed by atoms with Crippen LogP contribution in [0.1, 0.15) is 11.1 Å². The first kappa shape index (κ1) is 11.2. The second kappa shape index (κ2) is 5.18. The van der Waals surface area contributed by atoms with E-state index in [0.717, 1.165) is 11.3 Å². The Morgan fingerprint density at radius 1 is 1.12 bits per heavy atom. The van der Waals surface area contributed by atoms with Crippen LogP contribution in [0, 0.1) is 13.5 Å². The van der Waals surface area contributed by atoms with Crippen molar-refractivity contribution in [3.05, 3.63) is 71.1 Å². The number of hydrogen-bond donors (Lipinski definition) is 0. The Labute approximate surface area is 101 Å². The zero-order valence-corrected chi connectivity index (χ0v) is 9.68. The molecule has 0 spiro atoms. The molecule has 2 aromatic rings. The van der Waals surface area contributed by atoms with Gasteiger partial charge in [0.2, 0.25) is 0 Å². The Morgan fingerprint density at radius 2 is 1.88 bits per heavy atom. The molecule has 0 aliphatic rings. The molecule has 2 heteroatoms. The third-order valence-electron chi connectivity index (χ3n) is 2.47. The van der Waals surface area contributed by atoms with E-state index >= 15 is 0 Å². The Bertz CT molecular complexity index is 538. The van der Waals surface area contributed by atoms with Crippen LogP contribution in [0.5, 0.6) is 5.75 Å². The van der Waals surface area contributed by atoms with Crippen LogP contribution in [0.2, 0.25) is 0 Å². The molecule has 17 heavy (non-hydrogen) atoms. The third kappa shape index (κ3) is 3.09. The minimum atomic E-state index is 0.492. The van der Waals surface area contributed by atoms with Crippen LogP contribution in [0.15, 0.2) is 48.5 Å². The van der Waals surface area contributed by atoms with Crippen LogP contribution in [-0.2, 0) is 6.61 Å². The van der Waals surface area contributed by atoms with Crippen LogP contribution in [0.4, 0.5) is 5.69 Å². The first-order valence-electron chi connectivity index (χ1n) is 5.44. The van der Waals surface area contributed by atoms with Crippen LogP contribution in [-0.4, -0.2) is 0 Å². The molecule has 2 nitrogen and oxygen atoms in total. The lowest BCUT2D eigenvalue weighted by molar-refractivity contribution is 0.306. The molecule has 84 valence electrons.